The number of hydrogen-bond donors (Lipinski definition) is 2. The van der Waals surface area contributed by atoms with E-state index in [2.05, 4.69) is 9.88 Å². The smallest absolute Gasteiger partial charge is 0.232 e. The lowest BCUT2D eigenvalue weighted by molar-refractivity contribution is 0.216. The van der Waals surface area contributed by atoms with Crippen LogP contribution >= 0.6 is 11.6 Å². The Kier molecular flexibility index (Phi) is 6.70. The molecule has 162 valence electrons. The number of aromatic nitrogens is 1. The zero-order valence-electron chi connectivity index (χ0n) is 16.9. The highest BCUT2D eigenvalue weighted by Crippen LogP contribution is 2.32. The molecular weight excluding hydrogens is 419 g/mol. The van der Waals surface area contributed by atoms with Gasteiger partial charge in [-0.2, -0.15) is 0 Å². The number of anilines is 1. The van der Waals surface area contributed by atoms with Crippen molar-refractivity contribution in [1.82, 2.24) is 4.98 Å². The average molecular weight is 443 g/mol. The van der Waals surface area contributed by atoms with Crippen molar-refractivity contribution in [2.75, 3.05) is 24.6 Å². The number of halogens is 2. The fourth-order valence-electron chi connectivity index (χ4n) is 3.90. The highest BCUT2D eigenvalue weighted by molar-refractivity contribution is 6.31. The molecule has 2 atom stereocenters. The van der Waals surface area contributed by atoms with E-state index in [4.69, 9.17) is 16.3 Å². The van der Waals surface area contributed by atoms with Crippen LogP contribution in [0.1, 0.15) is 29.2 Å². The zero-order valence-corrected chi connectivity index (χ0v) is 17.7. The van der Waals surface area contributed by atoms with Crippen molar-refractivity contribution < 1.29 is 19.3 Å². The maximum absolute atomic E-state index is 13.2. The Labute approximate surface area is 185 Å². The summed E-state index contributed by atoms with van der Waals surface area (Å²) in [4.78, 5) is 6.40. The number of ether oxygens (including phenoxy) is 1. The number of nitrogens with zero attached hydrogens (tertiary/aromatic N) is 2. The predicted molar refractivity (Wildman–Crippen MR) is 118 cm³/mol. The first-order valence-corrected chi connectivity index (χ1v) is 10.6. The average Bonchev–Trinajstić information content (AvgIpc) is 3.24. The minimum absolute atomic E-state index is 0.000405. The molecule has 0 radical (unpaired) electrons. The molecule has 1 fully saturated rings. The fraction of sp³-hybridized carbons (Fsp3) is 0.292. The van der Waals surface area contributed by atoms with Crippen LogP contribution in [0.2, 0.25) is 5.02 Å². The Balaban J connectivity index is 1.51. The van der Waals surface area contributed by atoms with Gasteiger partial charge in [0.2, 0.25) is 5.88 Å². The summed E-state index contributed by atoms with van der Waals surface area (Å²) in [6.45, 7) is 1.47. The van der Waals surface area contributed by atoms with Crippen molar-refractivity contribution in [3.63, 3.8) is 0 Å². The minimum atomic E-state index is -0.868. The second-order valence-corrected chi connectivity index (χ2v) is 7.99. The molecule has 1 aromatic heterocycles. The van der Waals surface area contributed by atoms with Crippen molar-refractivity contribution in [2.45, 2.75) is 25.0 Å². The summed E-state index contributed by atoms with van der Waals surface area (Å²) in [5, 5.41) is 20.8. The van der Waals surface area contributed by atoms with Crippen LogP contribution < -0.4 is 9.64 Å². The first-order chi connectivity index (χ1) is 15.0. The summed E-state index contributed by atoms with van der Waals surface area (Å²) in [6.07, 6.45) is 2.03. The fourth-order valence-corrected chi connectivity index (χ4v) is 4.07. The quantitative estimate of drug-likeness (QED) is 0.575. The highest BCUT2D eigenvalue weighted by atomic mass is 35.5. The minimum Gasteiger partial charge on any atom is -0.471 e. The van der Waals surface area contributed by atoms with E-state index in [0.717, 1.165) is 24.2 Å². The molecule has 0 aliphatic carbocycles. The molecule has 4 rings (SSSR count). The maximum Gasteiger partial charge on any atom is 0.232 e. The van der Waals surface area contributed by atoms with E-state index in [1.165, 1.54) is 12.1 Å². The van der Waals surface area contributed by atoms with Gasteiger partial charge >= 0.3 is 0 Å². The zero-order chi connectivity index (χ0) is 21.8. The van der Waals surface area contributed by atoms with Crippen LogP contribution in [-0.4, -0.2) is 41.0 Å². The number of rotatable bonds is 7. The van der Waals surface area contributed by atoms with Gasteiger partial charge in [-0.25, -0.2) is 9.37 Å². The molecule has 2 N–H and O–H groups in total. The van der Waals surface area contributed by atoms with Gasteiger partial charge < -0.3 is 19.8 Å². The maximum atomic E-state index is 13.2. The largest absolute Gasteiger partial charge is 0.471 e. The molecule has 1 unspecified atom stereocenters. The molecule has 0 bridgehead atoms. The van der Waals surface area contributed by atoms with Gasteiger partial charge in [-0.3, -0.25) is 0 Å². The Morgan fingerprint density at radius 2 is 1.94 bits per heavy atom. The normalized spacial score (nSPS) is 17.0. The number of benzene rings is 2. The molecular formula is C24H24ClFN2O3. The molecule has 2 heterocycles. The summed E-state index contributed by atoms with van der Waals surface area (Å²) >= 11 is 6.16. The molecule has 2 aromatic carbocycles. The van der Waals surface area contributed by atoms with Gasteiger partial charge in [0.1, 0.15) is 23.0 Å². The number of hydrogen-bond acceptors (Lipinski definition) is 5. The summed E-state index contributed by atoms with van der Waals surface area (Å²) < 4.78 is 19.2. The lowest BCUT2D eigenvalue weighted by atomic mass is 9.97. The second kappa shape index (κ2) is 9.64. The van der Waals surface area contributed by atoms with E-state index in [1.54, 1.807) is 30.5 Å². The van der Waals surface area contributed by atoms with Crippen LogP contribution in [0.25, 0.3) is 0 Å². The van der Waals surface area contributed by atoms with Gasteiger partial charge in [0.15, 0.2) is 0 Å². The van der Waals surface area contributed by atoms with Gasteiger partial charge in [-0.15, -0.1) is 0 Å². The van der Waals surface area contributed by atoms with Gasteiger partial charge in [0, 0.05) is 31.5 Å². The van der Waals surface area contributed by atoms with E-state index in [9.17, 15) is 14.6 Å². The van der Waals surface area contributed by atoms with Crippen molar-refractivity contribution in [1.29, 1.82) is 0 Å². The molecule has 7 heteroatoms. The number of pyridine rings is 1. The summed E-state index contributed by atoms with van der Waals surface area (Å²) in [5.74, 6) is 0.0921. The summed E-state index contributed by atoms with van der Waals surface area (Å²) in [5.41, 5.74) is 3.26. The van der Waals surface area contributed by atoms with Crippen LogP contribution in [0, 0.1) is 5.82 Å². The van der Waals surface area contributed by atoms with Crippen LogP contribution in [0.4, 0.5) is 10.1 Å². The van der Waals surface area contributed by atoms with E-state index >= 15 is 0 Å². The van der Waals surface area contributed by atoms with E-state index in [1.807, 2.05) is 18.2 Å². The monoisotopic (exact) mass is 442 g/mol. The Morgan fingerprint density at radius 3 is 2.68 bits per heavy atom. The van der Waals surface area contributed by atoms with Gasteiger partial charge in [-0.1, -0.05) is 35.9 Å². The Bertz CT molecular complexity index is 1030. The van der Waals surface area contributed by atoms with Crippen LogP contribution in [-0.2, 0) is 6.42 Å². The molecule has 1 aliphatic rings. The van der Waals surface area contributed by atoms with E-state index in [-0.39, 0.29) is 18.5 Å². The molecule has 0 amide bonds. The van der Waals surface area contributed by atoms with Crippen LogP contribution in [0.15, 0.2) is 60.8 Å². The molecule has 31 heavy (non-hydrogen) atoms. The lowest BCUT2D eigenvalue weighted by Gasteiger charge is -2.24. The number of aliphatic hydroxyl groups excluding tert-OH is 2. The first kappa shape index (κ1) is 21.6. The van der Waals surface area contributed by atoms with Gasteiger partial charge in [0.25, 0.3) is 0 Å². The molecule has 1 aliphatic heterocycles. The van der Waals surface area contributed by atoms with Crippen LogP contribution in [0.3, 0.4) is 0 Å². The lowest BCUT2D eigenvalue weighted by Crippen LogP contribution is -2.26. The number of aliphatic hydroxyl groups is 2. The van der Waals surface area contributed by atoms with E-state index < -0.39 is 6.10 Å². The van der Waals surface area contributed by atoms with Crippen molar-refractivity contribution in [3.05, 3.63) is 88.3 Å². The topological polar surface area (TPSA) is 65.8 Å². The second-order valence-electron chi connectivity index (χ2n) is 7.58. The third-order valence-electron chi connectivity index (χ3n) is 5.47. The SMILES string of the molecule is OCCc1cc(C(O)c2ccc(F)cc2)ccc1N1CC[C@H](Oc2ncccc2Cl)C1. The van der Waals surface area contributed by atoms with E-state index in [0.29, 0.717) is 35.0 Å². The van der Waals surface area contributed by atoms with Crippen LogP contribution in [0.5, 0.6) is 5.88 Å². The molecule has 0 spiro atoms. The Morgan fingerprint density at radius 1 is 1.16 bits per heavy atom. The summed E-state index contributed by atoms with van der Waals surface area (Å²) in [6, 6.07) is 15.1. The van der Waals surface area contributed by atoms with Gasteiger partial charge in [-0.05, 0) is 53.4 Å². The summed E-state index contributed by atoms with van der Waals surface area (Å²) in [7, 11) is 0. The first-order valence-electron chi connectivity index (χ1n) is 10.2. The molecule has 1 saturated heterocycles. The predicted octanol–water partition coefficient (Wildman–Crippen LogP) is 4.15. The van der Waals surface area contributed by atoms with Gasteiger partial charge in [0.05, 0.1) is 6.54 Å². The highest BCUT2D eigenvalue weighted by Gasteiger charge is 2.27. The third-order valence-corrected chi connectivity index (χ3v) is 5.76. The molecule has 5 nitrogen and oxygen atoms in total. The van der Waals surface area contributed by atoms with Crippen molar-refractivity contribution in [2.24, 2.45) is 0 Å². The van der Waals surface area contributed by atoms with Crippen molar-refractivity contribution >= 4 is 17.3 Å². The molecule has 0 saturated carbocycles. The van der Waals surface area contributed by atoms with Crippen molar-refractivity contribution in [3.8, 4) is 5.88 Å². The Hall–Kier alpha value is -2.67. The molecule has 3 aromatic rings. The standard InChI is InChI=1S/C24H24ClFN2O3/c25-21-2-1-11-27-24(21)31-20-9-12-28(15-20)22-8-5-18(14-17(22)10-13-29)23(30)16-3-6-19(26)7-4-16/h1-8,11,14,20,23,29-30H,9-10,12-13,15H2/t20-,23?/m0/s1. The third kappa shape index (κ3) is 4.98.